The Morgan fingerprint density at radius 1 is 1.17 bits per heavy atom. The van der Waals surface area contributed by atoms with Gasteiger partial charge in [-0.3, -0.25) is 4.90 Å². The molecular formula is C18H27F3N2. The molecule has 23 heavy (non-hydrogen) atoms. The molecule has 2 nitrogen and oxygen atoms in total. The molecule has 1 aromatic rings. The summed E-state index contributed by atoms with van der Waals surface area (Å²) >= 11 is 0. The Kier molecular flexibility index (Phi) is 6.48. The highest BCUT2D eigenvalue weighted by atomic mass is 19.4. The molecule has 1 aliphatic rings. The summed E-state index contributed by atoms with van der Waals surface area (Å²) in [5.74, 6) is 0.553. The van der Waals surface area contributed by atoms with Crippen molar-refractivity contribution in [2.24, 2.45) is 5.92 Å². The van der Waals surface area contributed by atoms with E-state index in [9.17, 15) is 13.2 Å². The van der Waals surface area contributed by atoms with Crippen molar-refractivity contribution in [3.63, 3.8) is 0 Å². The number of nitrogens with one attached hydrogen (secondary N) is 1. The maximum absolute atomic E-state index is 13.2. The van der Waals surface area contributed by atoms with Crippen LogP contribution in [0.15, 0.2) is 24.3 Å². The molecule has 0 aliphatic carbocycles. The molecule has 2 rings (SSSR count). The van der Waals surface area contributed by atoms with Crippen molar-refractivity contribution >= 4 is 0 Å². The van der Waals surface area contributed by atoms with Gasteiger partial charge in [0.2, 0.25) is 0 Å². The van der Waals surface area contributed by atoms with Crippen LogP contribution < -0.4 is 5.32 Å². The second-order valence-corrected chi connectivity index (χ2v) is 6.79. The number of hydrogen-bond donors (Lipinski definition) is 1. The summed E-state index contributed by atoms with van der Waals surface area (Å²) in [4.78, 5) is 2.26. The summed E-state index contributed by atoms with van der Waals surface area (Å²) in [5, 5.41) is 3.33. The van der Waals surface area contributed by atoms with Crippen LogP contribution in [0.2, 0.25) is 0 Å². The lowest BCUT2D eigenvalue weighted by atomic mass is 10.00. The zero-order valence-electron chi connectivity index (χ0n) is 14.0. The van der Waals surface area contributed by atoms with E-state index in [0.29, 0.717) is 24.1 Å². The number of benzene rings is 1. The van der Waals surface area contributed by atoms with Gasteiger partial charge >= 0.3 is 6.18 Å². The zero-order chi connectivity index (χ0) is 16.9. The first-order chi connectivity index (χ1) is 10.9. The Labute approximate surface area is 137 Å². The minimum Gasteiger partial charge on any atom is -0.317 e. The Morgan fingerprint density at radius 2 is 1.83 bits per heavy atom. The van der Waals surface area contributed by atoms with Gasteiger partial charge in [0.05, 0.1) is 5.56 Å². The first-order valence-electron chi connectivity index (χ1n) is 8.48. The number of rotatable bonds is 6. The van der Waals surface area contributed by atoms with Gasteiger partial charge in [0.25, 0.3) is 0 Å². The third-order valence-corrected chi connectivity index (χ3v) is 4.51. The molecule has 1 fully saturated rings. The number of alkyl halides is 3. The van der Waals surface area contributed by atoms with Gasteiger partial charge in [0, 0.05) is 12.6 Å². The van der Waals surface area contributed by atoms with Crippen LogP contribution in [0.25, 0.3) is 0 Å². The molecule has 1 aliphatic heterocycles. The third kappa shape index (κ3) is 5.50. The Morgan fingerprint density at radius 3 is 2.43 bits per heavy atom. The Bertz CT molecular complexity index is 479. The number of nitrogens with zero attached hydrogens (tertiary/aromatic N) is 1. The van der Waals surface area contributed by atoms with Gasteiger partial charge in [-0.2, -0.15) is 13.2 Å². The molecule has 0 unspecified atom stereocenters. The predicted octanol–water partition coefficient (Wildman–Crippen LogP) is 4.31. The van der Waals surface area contributed by atoms with Crippen molar-refractivity contribution in [1.82, 2.24) is 10.2 Å². The van der Waals surface area contributed by atoms with Crippen LogP contribution in [0.4, 0.5) is 13.2 Å². The minimum absolute atomic E-state index is 0.372. The maximum atomic E-state index is 13.2. The van der Waals surface area contributed by atoms with Gasteiger partial charge in [0.1, 0.15) is 0 Å². The molecule has 0 bridgehead atoms. The summed E-state index contributed by atoms with van der Waals surface area (Å²) in [5.41, 5.74) is -0.106. The molecule has 130 valence electrons. The molecule has 0 saturated carbocycles. The molecule has 0 aromatic heterocycles. The average Bonchev–Trinajstić information content (AvgIpc) is 2.51. The maximum Gasteiger partial charge on any atom is 0.416 e. The fourth-order valence-electron chi connectivity index (χ4n) is 3.14. The number of hydrogen-bond acceptors (Lipinski definition) is 2. The first-order valence-corrected chi connectivity index (χ1v) is 8.48. The summed E-state index contributed by atoms with van der Waals surface area (Å²) in [7, 11) is 0. The molecule has 1 heterocycles. The van der Waals surface area contributed by atoms with Crippen molar-refractivity contribution < 1.29 is 13.2 Å². The largest absolute Gasteiger partial charge is 0.416 e. The lowest BCUT2D eigenvalue weighted by Crippen LogP contribution is -2.43. The van der Waals surface area contributed by atoms with Gasteiger partial charge in [-0.1, -0.05) is 32.0 Å². The molecule has 0 atom stereocenters. The van der Waals surface area contributed by atoms with Crippen LogP contribution in [-0.2, 0) is 12.7 Å². The second kappa shape index (κ2) is 8.15. The molecule has 5 heteroatoms. The molecule has 0 radical (unpaired) electrons. The van der Waals surface area contributed by atoms with Gasteiger partial charge < -0.3 is 5.32 Å². The lowest BCUT2D eigenvalue weighted by Gasteiger charge is -2.35. The Balaban J connectivity index is 2.16. The van der Waals surface area contributed by atoms with E-state index < -0.39 is 11.7 Å². The van der Waals surface area contributed by atoms with E-state index in [0.717, 1.165) is 38.9 Å². The third-order valence-electron chi connectivity index (χ3n) is 4.51. The van der Waals surface area contributed by atoms with E-state index in [-0.39, 0.29) is 0 Å². The van der Waals surface area contributed by atoms with E-state index in [1.165, 1.54) is 12.1 Å². The van der Waals surface area contributed by atoms with Crippen LogP contribution in [0.3, 0.4) is 0 Å². The van der Waals surface area contributed by atoms with Crippen molar-refractivity contribution in [3.05, 3.63) is 35.4 Å². The summed E-state index contributed by atoms with van der Waals surface area (Å²) < 4.78 is 39.7. The highest BCUT2D eigenvalue weighted by molar-refractivity contribution is 5.29. The first kappa shape index (κ1) is 18.3. The summed E-state index contributed by atoms with van der Waals surface area (Å²) in [6, 6.07) is 6.35. The van der Waals surface area contributed by atoms with Crippen LogP contribution in [-0.4, -0.2) is 30.6 Å². The van der Waals surface area contributed by atoms with E-state index >= 15 is 0 Å². The molecule has 1 N–H and O–H groups in total. The van der Waals surface area contributed by atoms with Crippen molar-refractivity contribution in [3.8, 4) is 0 Å². The van der Waals surface area contributed by atoms with Crippen molar-refractivity contribution in [2.75, 3.05) is 19.6 Å². The molecule has 1 aromatic carbocycles. The number of piperidine rings is 1. The smallest absolute Gasteiger partial charge is 0.317 e. The predicted molar refractivity (Wildman–Crippen MR) is 87.2 cm³/mol. The lowest BCUT2D eigenvalue weighted by molar-refractivity contribution is -0.138. The monoisotopic (exact) mass is 328 g/mol. The summed E-state index contributed by atoms with van der Waals surface area (Å²) in [6.45, 7) is 7.45. The molecule has 0 amide bonds. The van der Waals surface area contributed by atoms with Crippen molar-refractivity contribution in [2.45, 2.75) is 51.9 Å². The van der Waals surface area contributed by atoms with E-state index in [2.05, 4.69) is 24.1 Å². The van der Waals surface area contributed by atoms with Gasteiger partial charge in [-0.25, -0.2) is 0 Å². The highest BCUT2D eigenvalue weighted by Gasteiger charge is 2.33. The van der Waals surface area contributed by atoms with Gasteiger partial charge in [-0.05, 0) is 56.4 Å². The quantitative estimate of drug-likeness (QED) is 0.837. The van der Waals surface area contributed by atoms with Crippen LogP contribution in [0, 0.1) is 5.92 Å². The van der Waals surface area contributed by atoms with Crippen molar-refractivity contribution in [1.29, 1.82) is 0 Å². The van der Waals surface area contributed by atoms with E-state index in [4.69, 9.17) is 0 Å². The zero-order valence-corrected chi connectivity index (χ0v) is 14.0. The Hall–Kier alpha value is -1.07. The minimum atomic E-state index is -4.28. The highest BCUT2D eigenvalue weighted by Crippen LogP contribution is 2.33. The van der Waals surface area contributed by atoms with E-state index in [1.807, 2.05) is 0 Å². The average molecular weight is 328 g/mol. The van der Waals surface area contributed by atoms with Crippen LogP contribution >= 0.6 is 0 Å². The standard InChI is InChI=1S/C18H27F3N2/c1-14(2)9-12-23(16-7-10-22-11-8-16)13-15-5-3-4-6-17(15)18(19,20)21/h3-6,14,16,22H,7-13H2,1-2H3. The number of halogens is 3. The normalized spacial score (nSPS) is 17.2. The van der Waals surface area contributed by atoms with E-state index in [1.54, 1.807) is 12.1 Å². The summed E-state index contributed by atoms with van der Waals surface area (Å²) in [6.07, 6.45) is -1.26. The molecule has 1 saturated heterocycles. The fraction of sp³-hybridized carbons (Fsp3) is 0.667. The molecular weight excluding hydrogens is 301 g/mol. The molecule has 0 spiro atoms. The van der Waals surface area contributed by atoms with Gasteiger partial charge in [0.15, 0.2) is 0 Å². The fourth-order valence-corrected chi connectivity index (χ4v) is 3.14. The SMILES string of the molecule is CC(C)CCN(Cc1ccccc1C(F)(F)F)C1CCNCC1. The van der Waals surface area contributed by atoms with Gasteiger partial charge in [-0.15, -0.1) is 0 Å². The van der Waals surface area contributed by atoms with Crippen LogP contribution in [0.1, 0.15) is 44.2 Å². The van der Waals surface area contributed by atoms with Crippen LogP contribution in [0.5, 0.6) is 0 Å². The second-order valence-electron chi connectivity index (χ2n) is 6.79. The topological polar surface area (TPSA) is 15.3 Å².